The molecule has 0 spiro atoms. The van der Waals surface area contributed by atoms with Gasteiger partial charge < -0.3 is 14.2 Å². The first kappa shape index (κ1) is 23.5. The highest BCUT2D eigenvalue weighted by Gasteiger charge is 2.26. The Morgan fingerprint density at radius 3 is 2.45 bits per heavy atom. The summed E-state index contributed by atoms with van der Waals surface area (Å²) in [5.74, 6) is 0.517. The lowest BCUT2D eigenvalue weighted by Gasteiger charge is -2.34. The van der Waals surface area contributed by atoms with E-state index in [0.29, 0.717) is 56.6 Å². The molecule has 1 N–H and O–H groups in total. The molecule has 1 fully saturated rings. The van der Waals surface area contributed by atoms with Crippen molar-refractivity contribution >= 4 is 10.0 Å². The van der Waals surface area contributed by atoms with Crippen LogP contribution in [0.15, 0.2) is 47.4 Å². The fraction of sp³-hybridized carbons (Fsp3) is 0.455. The Balaban J connectivity index is 1.82. The summed E-state index contributed by atoms with van der Waals surface area (Å²) in [6, 6.07) is 10.5. The highest BCUT2D eigenvalue weighted by Crippen LogP contribution is 2.30. The highest BCUT2D eigenvalue weighted by atomic mass is 32.2. The van der Waals surface area contributed by atoms with Crippen molar-refractivity contribution in [3.8, 4) is 11.5 Å². The average molecular weight is 453 g/mol. The minimum absolute atomic E-state index is 0.0828. The topological polar surface area (TPSA) is 77.1 Å². The van der Waals surface area contributed by atoms with Crippen LogP contribution in [0.25, 0.3) is 0 Å². The van der Waals surface area contributed by atoms with Crippen LogP contribution < -0.4 is 14.2 Å². The number of rotatable bonds is 10. The smallest absolute Gasteiger partial charge is 0.240 e. The lowest BCUT2D eigenvalue weighted by atomic mass is 10.0. The Hall–Kier alpha value is -2.20. The SMILES string of the molecule is CCOc1ccc(S(=O)(=O)NCC(c2cccc(F)c2)N2CCOCC2)cc1OCC. The maximum absolute atomic E-state index is 13.8. The van der Waals surface area contributed by atoms with Crippen molar-refractivity contribution in [1.82, 2.24) is 9.62 Å². The molecule has 170 valence electrons. The fourth-order valence-corrected chi connectivity index (χ4v) is 4.58. The van der Waals surface area contributed by atoms with Crippen molar-refractivity contribution in [3.05, 3.63) is 53.8 Å². The van der Waals surface area contributed by atoms with Gasteiger partial charge in [-0.2, -0.15) is 0 Å². The Bertz CT molecular complexity index is 964. The van der Waals surface area contributed by atoms with Crippen LogP contribution in [-0.4, -0.2) is 59.4 Å². The van der Waals surface area contributed by atoms with E-state index in [1.807, 2.05) is 19.9 Å². The standard InChI is InChI=1S/C22H29FN2O5S/c1-3-29-21-9-8-19(15-22(21)30-4-2)31(26,27)24-16-20(25-10-12-28-13-11-25)17-6-5-7-18(23)14-17/h5-9,14-15,20,24H,3-4,10-13,16H2,1-2H3. The first-order chi connectivity index (χ1) is 14.9. The van der Waals surface area contributed by atoms with Crippen LogP contribution in [-0.2, 0) is 14.8 Å². The van der Waals surface area contributed by atoms with Crippen LogP contribution in [0.4, 0.5) is 4.39 Å². The van der Waals surface area contributed by atoms with Crippen LogP contribution in [0.3, 0.4) is 0 Å². The van der Waals surface area contributed by atoms with Gasteiger partial charge in [-0.05, 0) is 43.7 Å². The summed E-state index contributed by atoms with van der Waals surface area (Å²) in [7, 11) is -3.82. The Morgan fingerprint density at radius 1 is 1.06 bits per heavy atom. The maximum atomic E-state index is 13.8. The van der Waals surface area contributed by atoms with E-state index < -0.39 is 10.0 Å². The van der Waals surface area contributed by atoms with E-state index in [2.05, 4.69) is 9.62 Å². The predicted octanol–water partition coefficient (Wildman–Crippen LogP) is 2.97. The molecule has 0 bridgehead atoms. The monoisotopic (exact) mass is 452 g/mol. The predicted molar refractivity (Wildman–Crippen MR) is 116 cm³/mol. The van der Waals surface area contributed by atoms with Gasteiger partial charge in [0.2, 0.25) is 10.0 Å². The molecule has 2 aromatic carbocycles. The number of sulfonamides is 1. The van der Waals surface area contributed by atoms with Gasteiger partial charge in [0.1, 0.15) is 5.82 Å². The van der Waals surface area contributed by atoms with Gasteiger partial charge in [-0.1, -0.05) is 12.1 Å². The zero-order chi connectivity index (χ0) is 22.3. The molecule has 0 aliphatic carbocycles. The van der Waals surface area contributed by atoms with Crippen molar-refractivity contribution in [3.63, 3.8) is 0 Å². The molecular formula is C22H29FN2O5S. The van der Waals surface area contributed by atoms with E-state index in [9.17, 15) is 12.8 Å². The number of hydrogen-bond acceptors (Lipinski definition) is 6. The highest BCUT2D eigenvalue weighted by molar-refractivity contribution is 7.89. The molecule has 0 aromatic heterocycles. The first-order valence-corrected chi connectivity index (χ1v) is 11.9. The van der Waals surface area contributed by atoms with Crippen LogP contribution in [0.2, 0.25) is 0 Å². The molecule has 3 rings (SSSR count). The maximum Gasteiger partial charge on any atom is 0.240 e. The second kappa shape index (κ2) is 10.9. The van der Waals surface area contributed by atoms with E-state index in [0.717, 1.165) is 0 Å². The molecule has 1 atom stereocenters. The molecular weight excluding hydrogens is 423 g/mol. The summed E-state index contributed by atoms with van der Waals surface area (Å²) in [5, 5.41) is 0. The molecule has 0 saturated carbocycles. The van der Waals surface area contributed by atoms with Gasteiger partial charge in [0.05, 0.1) is 31.3 Å². The Morgan fingerprint density at radius 2 is 1.77 bits per heavy atom. The van der Waals surface area contributed by atoms with Crippen molar-refractivity contribution in [2.75, 3.05) is 46.1 Å². The van der Waals surface area contributed by atoms with Crippen molar-refractivity contribution < 1.29 is 27.0 Å². The molecule has 1 unspecified atom stereocenters. The summed E-state index contributed by atoms with van der Waals surface area (Å²) < 4.78 is 59.0. The zero-order valence-electron chi connectivity index (χ0n) is 17.8. The number of halogens is 1. The summed E-state index contributed by atoms with van der Waals surface area (Å²) in [6.45, 7) is 6.98. The summed E-state index contributed by atoms with van der Waals surface area (Å²) >= 11 is 0. The summed E-state index contributed by atoms with van der Waals surface area (Å²) in [4.78, 5) is 2.18. The van der Waals surface area contributed by atoms with Crippen molar-refractivity contribution in [2.45, 2.75) is 24.8 Å². The van der Waals surface area contributed by atoms with Gasteiger partial charge in [-0.3, -0.25) is 4.90 Å². The Labute approximate surface area is 183 Å². The van der Waals surface area contributed by atoms with Gasteiger partial charge >= 0.3 is 0 Å². The molecule has 0 amide bonds. The average Bonchev–Trinajstić information content (AvgIpc) is 2.76. The minimum Gasteiger partial charge on any atom is -0.490 e. The second-order valence-electron chi connectivity index (χ2n) is 7.05. The van der Waals surface area contributed by atoms with Gasteiger partial charge in [0.15, 0.2) is 11.5 Å². The quantitative estimate of drug-likeness (QED) is 0.597. The number of benzene rings is 2. The summed E-state index contributed by atoms with van der Waals surface area (Å²) in [6.07, 6.45) is 0. The molecule has 31 heavy (non-hydrogen) atoms. The number of ether oxygens (including phenoxy) is 3. The third kappa shape index (κ3) is 6.16. The third-order valence-electron chi connectivity index (χ3n) is 5.01. The van der Waals surface area contributed by atoms with E-state index in [1.54, 1.807) is 12.1 Å². The van der Waals surface area contributed by atoms with E-state index >= 15 is 0 Å². The number of hydrogen-bond donors (Lipinski definition) is 1. The molecule has 1 saturated heterocycles. The van der Waals surface area contributed by atoms with Gasteiger partial charge in [-0.15, -0.1) is 0 Å². The van der Waals surface area contributed by atoms with Gasteiger partial charge in [0.25, 0.3) is 0 Å². The fourth-order valence-electron chi connectivity index (χ4n) is 3.53. The first-order valence-electron chi connectivity index (χ1n) is 10.4. The van der Waals surface area contributed by atoms with Crippen LogP contribution in [0.1, 0.15) is 25.5 Å². The normalized spacial score (nSPS) is 16.1. The van der Waals surface area contributed by atoms with E-state index in [-0.39, 0.29) is 23.3 Å². The minimum atomic E-state index is -3.82. The van der Waals surface area contributed by atoms with Gasteiger partial charge in [0, 0.05) is 31.7 Å². The molecule has 0 radical (unpaired) electrons. The second-order valence-corrected chi connectivity index (χ2v) is 8.81. The zero-order valence-corrected chi connectivity index (χ0v) is 18.7. The molecule has 9 heteroatoms. The lowest BCUT2D eigenvalue weighted by Crippen LogP contribution is -2.43. The van der Waals surface area contributed by atoms with Gasteiger partial charge in [-0.25, -0.2) is 17.5 Å². The Kier molecular flexibility index (Phi) is 8.25. The van der Waals surface area contributed by atoms with E-state index in [1.165, 1.54) is 24.3 Å². The third-order valence-corrected chi connectivity index (χ3v) is 6.43. The molecule has 1 heterocycles. The largest absolute Gasteiger partial charge is 0.490 e. The summed E-state index contributed by atoms with van der Waals surface area (Å²) in [5.41, 5.74) is 0.714. The lowest BCUT2D eigenvalue weighted by molar-refractivity contribution is 0.0171. The van der Waals surface area contributed by atoms with Crippen molar-refractivity contribution in [2.24, 2.45) is 0 Å². The van der Waals surface area contributed by atoms with Crippen LogP contribution in [0.5, 0.6) is 11.5 Å². The molecule has 1 aliphatic rings. The number of nitrogens with one attached hydrogen (secondary N) is 1. The number of nitrogens with zero attached hydrogens (tertiary/aromatic N) is 1. The van der Waals surface area contributed by atoms with E-state index in [4.69, 9.17) is 14.2 Å². The van der Waals surface area contributed by atoms with Crippen LogP contribution >= 0.6 is 0 Å². The van der Waals surface area contributed by atoms with Crippen molar-refractivity contribution in [1.29, 1.82) is 0 Å². The number of morpholine rings is 1. The van der Waals surface area contributed by atoms with Crippen LogP contribution in [0, 0.1) is 5.82 Å². The molecule has 2 aromatic rings. The molecule has 7 nitrogen and oxygen atoms in total. The molecule has 1 aliphatic heterocycles.